The van der Waals surface area contributed by atoms with Crippen LogP contribution in [0.1, 0.15) is 5.69 Å². The SMILES string of the molecule is Cc1nn(-c2cc(N3CCN(S(=O)(=O)c4ccccc4)CC3)ccc2[N+](=O)[O-])c(=O)c2ccccc12. The summed E-state index contributed by atoms with van der Waals surface area (Å²) in [6.07, 6.45) is 0. The summed E-state index contributed by atoms with van der Waals surface area (Å²) in [5.74, 6) is 0. The highest BCUT2D eigenvalue weighted by atomic mass is 32.2. The van der Waals surface area contributed by atoms with Gasteiger partial charge in [-0.3, -0.25) is 14.9 Å². The average molecular weight is 506 g/mol. The molecule has 0 atom stereocenters. The molecule has 0 aliphatic carbocycles. The van der Waals surface area contributed by atoms with Crippen LogP contribution in [0.4, 0.5) is 11.4 Å². The Balaban J connectivity index is 1.49. The minimum absolute atomic E-state index is 0.0655. The number of hydrogen-bond acceptors (Lipinski definition) is 7. The van der Waals surface area contributed by atoms with Crippen molar-refractivity contribution in [2.75, 3.05) is 31.1 Å². The lowest BCUT2D eigenvalue weighted by Crippen LogP contribution is -2.48. The summed E-state index contributed by atoms with van der Waals surface area (Å²) in [5, 5.41) is 17.3. The molecule has 1 aliphatic rings. The van der Waals surface area contributed by atoms with Gasteiger partial charge < -0.3 is 4.90 Å². The van der Waals surface area contributed by atoms with Gasteiger partial charge in [0.2, 0.25) is 10.0 Å². The van der Waals surface area contributed by atoms with E-state index in [2.05, 4.69) is 5.10 Å². The first-order chi connectivity index (χ1) is 17.3. The van der Waals surface area contributed by atoms with Crippen LogP contribution in [-0.2, 0) is 10.0 Å². The number of nitrogens with zero attached hydrogens (tertiary/aromatic N) is 5. The van der Waals surface area contributed by atoms with E-state index in [1.807, 2.05) is 11.0 Å². The summed E-state index contributed by atoms with van der Waals surface area (Å²) < 4.78 is 28.4. The molecule has 0 spiro atoms. The number of piperazine rings is 1. The van der Waals surface area contributed by atoms with E-state index >= 15 is 0 Å². The first-order valence-electron chi connectivity index (χ1n) is 11.3. The van der Waals surface area contributed by atoms with E-state index in [1.54, 1.807) is 67.6 Å². The van der Waals surface area contributed by atoms with Gasteiger partial charge in [0, 0.05) is 43.3 Å². The van der Waals surface area contributed by atoms with Gasteiger partial charge in [-0.15, -0.1) is 0 Å². The van der Waals surface area contributed by atoms with E-state index in [4.69, 9.17) is 0 Å². The summed E-state index contributed by atoms with van der Waals surface area (Å²) in [7, 11) is -3.61. The van der Waals surface area contributed by atoms with E-state index in [0.717, 1.165) is 4.68 Å². The second-order valence-corrected chi connectivity index (χ2v) is 10.4. The monoisotopic (exact) mass is 505 g/mol. The zero-order valence-electron chi connectivity index (χ0n) is 19.4. The first-order valence-corrected chi connectivity index (χ1v) is 12.8. The highest BCUT2D eigenvalue weighted by molar-refractivity contribution is 7.89. The Hall–Kier alpha value is -4.09. The van der Waals surface area contributed by atoms with Crippen LogP contribution in [0.2, 0.25) is 0 Å². The first kappa shape index (κ1) is 23.6. The molecule has 1 aromatic heterocycles. The van der Waals surface area contributed by atoms with Crippen molar-refractivity contribution in [2.45, 2.75) is 11.8 Å². The lowest BCUT2D eigenvalue weighted by atomic mass is 10.1. The maximum Gasteiger partial charge on any atom is 0.295 e. The third-order valence-corrected chi connectivity index (χ3v) is 8.27. The van der Waals surface area contributed by atoms with Crippen molar-refractivity contribution in [3.63, 3.8) is 0 Å². The molecule has 1 saturated heterocycles. The molecular weight excluding hydrogens is 482 g/mol. The van der Waals surface area contributed by atoms with E-state index in [0.29, 0.717) is 35.2 Å². The van der Waals surface area contributed by atoms with Crippen LogP contribution >= 0.6 is 0 Å². The van der Waals surface area contributed by atoms with Gasteiger partial charge in [0.05, 0.1) is 20.9 Å². The fourth-order valence-electron chi connectivity index (χ4n) is 4.47. The van der Waals surface area contributed by atoms with Gasteiger partial charge in [-0.05, 0) is 37.3 Å². The molecule has 5 rings (SSSR count). The molecule has 0 radical (unpaired) electrons. The van der Waals surface area contributed by atoms with E-state index in [9.17, 15) is 23.3 Å². The molecule has 2 heterocycles. The van der Waals surface area contributed by atoms with Crippen LogP contribution in [0.5, 0.6) is 0 Å². The number of benzene rings is 3. The van der Waals surface area contributed by atoms with Crippen molar-refractivity contribution >= 4 is 32.2 Å². The number of anilines is 1. The molecule has 11 heteroatoms. The lowest BCUT2D eigenvalue weighted by Gasteiger charge is -2.35. The lowest BCUT2D eigenvalue weighted by molar-refractivity contribution is -0.384. The maximum atomic E-state index is 13.2. The van der Waals surface area contributed by atoms with Gasteiger partial charge in [-0.2, -0.15) is 14.1 Å². The van der Waals surface area contributed by atoms with Crippen molar-refractivity contribution in [3.8, 4) is 5.69 Å². The molecule has 4 aromatic rings. The number of sulfonamides is 1. The number of aromatic nitrogens is 2. The molecular formula is C25H23N5O5S. The van der Waals surface area contributed by atoms with Gasteiger partial charge in [-0.1, -0.05) is 36.4 Å². The Morgan fingerprint density at radius 1 is 0.889 bits per heavy atom. The third kappa shape index (κ3) is 4.12. The minimum Gasteiger partial charge on any atom is -0.369 e. The fourth-order valence-corrected chi connectivity index (χ4v) is 5.92. The van der Waals surface area contributed by atoms with Gasteiger partial charge in [0.25, 0.3) is 11.2 Å². The molecule has 0 bridgehead atoms. The normalized spacial score (nSPS) is 14.8. The molecule has 0 saturated carbocycles. The van der Waals surface area contributed by atoms with Gasteiger partial charge in [0.15, 0.2) is 0 Å². The summed E-state index contributed by atoms with van der Waals surface area (Å²) in [6, 6.07) is 19.8. The fraction of sp³-hybridized carbons (Fsp3) is 0.200. The Kier molecular flexibility index (Phi) is 6.02. The number of aryl methyl sites for hydroxylation is 1. The van der Waals surface area contributed by atoms with Gasteiger partial charge in [0.1, 0.15) is 5.69 Å². The smallest absolute Gasteiger partial charge is 0.295 e. The predicted molar refractivity (Wildman–Crippen MR) is 136 cm³/mol. The zero-order chi connectivity index (χ0) is 25.4. The zero-order valence-corrected chi connectivity index (χ0v) is 20.3. The predicted octanol–water partition coefficient (Wildman–Crippen LogP) is 3.11. The molecule has 184 valence electrons. The highest BCUT2D eigenvalue weighted by Gasteiger charge is 2.29. The summed E-state index contributed by atoms with van der Waals surface area (Å²) in [6.45, 7) is 3.05. The van der Waals surface area contributed by atoms with Crippen LogP contribution < -0.4 is 10.5 Å². The molecule has 0 unspecified atom stereocenters. The molecule has 36 heavy (non-hydrogen) atoms. The second-order valence-electron chi connectivity index (χ2n) is 8.48. The average Bonchev–Trinajstić information content (AvgIpc) is 2.91. The minimum atomic E-state index is -3.61. The quantitative estimate of drug-likeness (QED) is 0.302. The number of nitro benzene ring substituents is 1. The van der Waals surface area contributed by atoms with Crippen LogP contribution in [0.3, 0.4) is 0 Å². The van der Waals surface area contributed by atoms with Gasteiger partial charge >= 0.3 is 0 Å². The summed E-state index contributed by atoms with van der Waals surface area (Å²) >= 11 is 0. The number of nitro groups is 1. The Morgan fingerprint density at radius 3 is 2.19 bits per heavy atom. The van der Waals surface area contributed by atoms with Crippen molar-refractivity contribution < 1.29 is 13.3 Å². The van der Waals surface area contributed by atoms with Crippen molar-refractivity contribution in [1.82, 2.24) is 14.1 Å². The molecule has 10 nitrogen and oxygen atoms in total. The molecule has 3 aromatic carbocycles. The van der Waals surface area contributed by atoms with E-state index < -0.39 is 20.5 Å². The molecule has 1 fully saturated rings. The number of hydrogen-bond donors (Lipinski definition) is 0. The second kappa shape index (κ2) is 9.17. The van der Waals surface area contributed by atoms with Gasteiger partial charge in [-0.25, -0.2) is 8.42 Å². The molecule has 0 N–H and O–H groups in total. The molecule has 1 aliphatic heterocycles. The van der Waals surface area contributed by atoms with Crippen LogP contribution in [0, 0.1) is 17.0 Å². The maximum absolute atomic E-state index is 13.2. The van der Waals surface area contributed by atoms with Crippen LogP contribution in [0.25, 0.3) is 16.5 Å². The van der Waals surface area contributed by atoms with Crippen molar-refractivity contribution in [1.29, 1.82) is 0 Å². The van der Waals surface area contributed by atoms with Crippen LogP contribution in [0.15, 0.2) is 82.5 Å². The van der Waals surface area contributed by atoms with E-state index in [-0.39, 0.29) is 29.4 Å². The Morgan fingerprint density at radius 2 is 1.53 bits per heavy atom. The number of rotatable bonds is 5. The number of fused-ring (bicyclic) bond motifs is 1. The standard InChI is InChI=1S/C25H23N5O5S/c1-18-21-9-5-6-10-22(21)25(31)29(26-18)24-17-19(11-12-23(24)30(32)33)27-13-15-28(16-14-27)36(34,35)20-7-3-2-4-8-20/h2-12,17H,13-16H2,1H3. The largest absolute Gasteiger partial charge is 0.369 e. The molecule has 0 amide bonds. The van der Waals surface area contributed by atoms with E-state index in [1.165, 1.54) is 10.4 Å². The topological polar surface area (TPSA) is 119 Å². The van der Waals surface area contributed by atoms with Crippen LogP contribution in [-0.4, -0.2) is 53.6 Å². The van der Waals surface area contributed by atoms with Crippen molar-refractivity contribution in [3.05, 3.63) is 99.0 Å². The van der Waals surface area contributed by atoms with Crippen molar-refractivity contribution in [2.24, 2.45) is 0 Å². The summed E-state index contributed by atoms with van der Waals surface area (Å²) in [4.78, 5) is 26.7. The third-order valence-electron chi connectivity index (χ3n) is 6.36. The Bertz CT molecular complexity index is 1630. The summed E-state index contributed by atoms with van der Waals surface area (Å²) in [5.41, 5.74) is 0.593. The Labute approximate surface area is 207 Å². The highest BCUT2D eigenvalue weighted by Crippen LogP contribution is 2.29.